The van der Waals surface area contributed by atoms with Crippen molar-refractivity contribution in [2.75, 3.05) is 0 Å². The van der Waals surface area contributed by atoms with E-state index in [1.165, 1.54) is 0 Å². The minimum atomic E-state index is 0.169. The summed E-state index contributed by atoms with van der Waals surface area (Å²) in [5.74, 6) is 0.361. The monoisotopic (exact) mass is 194 g/mol. The first-order valence-corrected chi connectivity index (χ1v) is 5.48. The predicted octanol–water partition coefficient (Wildman–Crippen LogP) is 0.949. The van der Waals surface area contributed by atoms with Crippen molar-refractivity contribution >= 4 is 5.91 Å². The van der Waals surface area contributed by atoms with Gasteiger partial charge in [-0.05, 0) is 32.1 Å². The van der Waals surface area contributed by atoms with Crippen LogP contribution in [0, 0.1) is 5.92 Å². The summed E-state index contributed by atoms with van der Waals surface area (Å²) in [6, 6.07) is 0.399. The van der Waals surface area contributed by atoms with Gasteiger partial charge < -0.3 is 11.1 Å². The molecule has 0 aromatic heterocycles. The van der Waals surface area contributed by atoms with Crippen LogP contribution < -0.4 is 11.1 Å². The first-order valence-electron chi connectivity index (χ1n) is 5.48. The van der Waals surface area contributed by atoms with E-state index in [1.807, 2.05) is 0 Å². The summed E-state index contributed by atoms with van der Waals surface area (Å²) in [7, 11) is 0. The number of hydrogen-bond donors (Lipinski definition) is 2. The lowest BCUT2D eigenvalue weighted by molar-refractivity contribution is -0.125. The summed E-state index contributed by atoms with van der Waals surface area (Å²) in [6.07, 6.45) is 9.20. The summed E-state index contributed by atoms with van der Waals surface area (Å²) < 4.78 is 0. The van der Waals surface area contributed by atoms with Crippen molar-refractivity contribution in [1.29, 1.82) is 0 Å². The molecule has 1 amide bonds. The number of nitrogens with one attached hydrogen (secondary N) is 1. The van der Waals surface area contributed by atoms with Crippen molar-refractivity contribution in [1.82, 2.24) is 5.32 Å². The largest absolute Gasteiger partial charge is 0.352 e. The Morgan fingerprint density at radius 2 is 2.00 bits per heavy atom. The topological polar surface area (TPSA) is 55.1 Å². The molecule has 0 aliphatic heterocycles. The lowest BCUT2D eigenvalue weighted by Crippen LogP contribution is -2.45. The van der Waals surface area contributed by atoms with Gasteiger partial charge in [0, 0.05) is 18.0 Å². The van der Waals surface area contributed by atoms with Gasteiger partial charge in [0.05, 0.1) is 0 Å². The third kappa shape index (κ3) is 1.98. The molecule has 0 bridgehead atoms. The summed E-state index contributed by atoms with van der Waals surface area (Å²) in [5, 5.41) is 3.07. The Labute approximate surface area is 84.7 Å². The van der Waals surface area contributed by atoms with E-state index in [2.05, 4.69) is 17.5 Å². The Morgan fingerprint density at radius 1 is 1.29 bits per heavy atom. The van der Waals surface area contributed by atoms with E-state index in [4.69, 9.17) is 5.73 Å². The fourth-order valence-electron chi connectivity index (χ4n) is 2.30. The molecule has 0 aromatic carbocycles. The Hall–Kier alpha value is -0.830. The van der Waals surface area contributed by atoms with Gasteiger partial charge in [0.2, 0.25) is 5.91 Å². The molecule has 1 saturated carbocycles. The molecule has 0 spiro atoms. The molecule has 3 heteroatoms. The lowest BCUT2D eigenvalue weighted by Gasteiger charge is -2.19. The highest BCUT2D eigenvalue weighted by Gasteiger charge is 2.28. The van der Waals surface area contributed by atoms with Gasteiger partial charge in [-0.2, -0.15) is 0 Å². The standard InChI is InChI=1S/C11H18N2O/c12-9-6-3-7-10(9)13-11(14)8-4-1-2-5-8/h1-2,8-10H,3-7,12H2,(H,13,14). The third-order valence-electron chi connectivity index (χ3n) is 3.28. The van der Waals surface area contributed by atoms with Crippen LogP contribution in [-0.4, -0.2) is 18.0 Å². The number of allylic oxidation sites excluding steroid dienone is 2. The lowest BCUT2D eigenvalue weighted by atomic mass is 10.1. The molecular weight excluding hydrogens is 176 g/mol. The van der Waals surface area contributed by atoms with Crippen LogP contribution in [0.4, 0.5) is 0 Å². The fraction of sp³-hybridized carbons (Fsp3) is 0.727. The van der Waals surface area contributed by atoms with Crippen LogP contribution in [0.5, 0.6) is 0 Å². The number of carbonyl (C=O) groups is 1. The van der Waals surface area contributed by atoms with E-state index in [0.29, 0.717) is 0 Å². The second kappa shape index (κ2) is 4.13. The highest BCUT2D eigenvalue weighted by Crippen LogP contribution is 2.21. The van der Waals surface area contributed by atoms with E-state index >= 15 is 0 Å². The van der Waals surface area contributed by atoms with Crippen molar-refractivity contribution in [2.45, 2.75) is 44.2 Å². The normalized spacial score (nSPS) is 32.4. The van der Waals surface area contributed by atoms with Crippen molar-refractivity contribution in [2.24, 2.45) is 11.7 Å². The van der Waals surface area contributed by atoms with Crippen LogP contribution in [0.2, 0.25) is 0 Å². The molecule has 2 atom stereocenters. The first kappa shape index (κ1) is 9.71. The second-order valence-electron chi connectivity index (χ2n) is 4.35. The van der Waals surface area contributed by atoms with Gasteiger partial charge in [-0.15, -0.1) is 0 Å². The predicted molar refractivity (Wildman–Crippen MR) is 55.6 cm³/mol. The maximum absolute atomic E-state index is 11.7. The van der Waals surface area contributed by atoms with Gasteiger partial charge >= 0.3 is 0 Å². The summed E-state index contributed by atoms with van der Waals surface area (Å²) in [6.45, 7) is 0. The molecule has 3 nitrogen and oxygen atoms in total. The van der Waals surface area contributed by atoms with Crippen molar-refractivity contribution in [3.8, 4) is 0 Å². The maximum atomic E-state index is 11.7. The molecule has 0 saturated heterocycles. The second-order valence-corrected chi connectivity index (χ2v) is 4.35. The molecule has 3 N–H and O–H groups in total. The third-order valence-corrected chi connectivity index (χ3v) is 3.28. The quantitative estimate of drug-likeness (QED) is 0.643. The molecule has 14 heavy (non-hydrogen) atoms. The van der Waals surface area contributed by atoms with Gasteiger partial charge in [0.1, 0.15) is 0 Å². The van der Waals surface area contributed by atoms with Crippen LogP contribution in [0.15, 0.2) is 12.2 Å². The van der Waals surface area contributed by atoms with E-state index in [9.17, 15) is 4.79 Å². The van der Waals surface area contributed by atoms with E-state index in [-0.39, 0.29) is 23.9 Å². The summed E-state index contributed by atoms with van der Waals surface area (Å²) >= 11 is 0. The smallest absolute Gasteiger partial charge is 0.224 e. The first-order chi connectivity index (χ1) is 6.77. The van der Waals surface area contributed by atoms with E-state index in [1.54, 1.807) is 0 Å². The molecule has 2 aliphatic carbocycles. The number of rotatable bonds is 2. The summed E-state index contributed by atoms with van der Waals surface area (Å²) in [4.78, 5) is 11.7. The molecule has 2 unspecified atom stereocenters. The molecule has 78 valence electrons. The van der Waals surface area contributed by atoms with Gasteiger partial charge in [-0.3, -0.25) is 4.79 Å². The van der Waals surface area contributed by atoms with Crippen LogP contribution in [-0.2, 0) is 4.79 Å². The minimum Gasteiger partial charge on any atom is -0.352 e. The number of nitrogens with two attached hydrogens (primary N) is 1. The average Bonchev–Trinajstić information content (AvgIpc) is 2.77. The van der Waals surface area contributed by atoms with Gasteiger partial charge in [-0.25, -0.2) is 0 Å². The molecule has 1 fully saturated rings. The Balaban J connectivity index is 1.81. The van der Waals surface area contributed by atoms with Crippen molar-refractivity contribution in [3.05, 3.63) is 12.2 Å². The average molecular weight is 194 g/mol. The highest BCUT2D eigenvalue weighted by molar-refractivity contribution is 5.79. The van der Waals surface area contributed by atoms with Crippen LogP contribution in [0.1, 0.15) is 32.1 Å². The van der Waals surface area contributed by atoms with Crippen LogP contribution in [0.25, 0.3) is 0 Å². The Bertz CT molecular complexity index is 242. The van der Waals surface area contributed by atoms with Gasteiger partial charge in [-0.1, -0.05) is 12.2 Å². The van der Waals surface area contributed by atoms with Gasteiger partial charge in [0.15, 0.2) is 0 Å². The highest BCUT2D eigenvalue weighted by atomic mass is 16.1. The van der Waals surface area contributed by atoms with Crippen LogP contribution >= 0.6 is 0 Å². The molecule has 0 aromatic rings. The molecule has 0 radical (unpaired) electrons. The molecule has 0 heterocycles. The number of hydrogen-bond acceptors (Lipinski definition) is 2. The Morgan fingerprint density at radius 3 is 2.57 bits per heavy atom. The van der Waals surface area contributed by atoms with E-state index < -0.39 is 0 Å². The zero-order chi connectivity index (χ0) is 9.97. The molecule has 2 rings (SSSR count). The molecular formula is C11H18N2O. The number of amides is 1. The van der Waals surface area contributed by atoms with Gasteiger partial charge in [0.25, 0.3) is 0 Å². The molecule has 2 aliphatic rings. The van der Waals surface area contributed by atoms with E-state index in [0.717, 1.165) is 32.1 Å². The maximum Gasteiger partial charge on any atom is 0.224 e. The fourth-order valence-corrected chi connectivity index (χ4v) is 2.30. The zero-order valence-electron chi connectivity index (χ0n) is 8.41. The SMILES string of the molecule is NC1CCCC1NC(=O)C1CC=CC1. The summed E-state index contributed by atoms with van der Waals surface area (Å²) in [5.41, 5.74) is 5.90. The van der Waals surface area contributed by atoms with Crippen molar-refractivity contribution < 1.29 is 4.79 Å². The Kier molecular flexibility index (Phi) is 2.87. The van der Waals surface area contributed by atoms with Crippen LogP contribution in [0.3, 0.4) is 0 Å². The minimum absolute atomic E-state index is 0.169. The number of carbonyl (C=O) groups excluding carboxylic acids is 1. The van der Waals surface area contributed by atoms with Crippen molar-refractivity contribution in [3.63, 3.8) is 0 Å². The zero-order valence-corrected chi connectivity index (χ0v) is 8.41.